The first-order chi connectivity index (χ1) is 8.49. The zero-order chi connectivity index (χ0) is 13.3. The molecule has 1 saturated heterocycles. The van der Waals surface area contributed by atoms with Crippen LogP contribution in [0.15, 0.2) is 15.8 Å². The van der Waals surface area contributed by atoms with Crippen molar-refractivity contribution in [2.45, 2.75) is 26.0 Å². The standard InChI is InChI=1S/C11H14N2O5/c1-6-7(2-3-18-6)4-13-5-8(10(15)16)9(14)12-11(13)17/h5-7H,2-4H2,1H3,(H,15,16)(H,12,14,17). The van der Waals surface area contributed by atoms with E-state index in [0.717, 1.165) is 12.6 Å². The first kappa shape index (κ1) is 12.6. The second kappa shape index (κ2) is 4.77. The molecule has 2 heterocycles. The van der Waals surface area contributed by atoms with E-state index in [1.165, 1.54) is 4.57 Å². The van der Waals surface area contributed by atoms with Crippen molar-refractivity contribution in [1.29, 1.82) is 0 Å². The molecule has 0 saturated carbocycles. The van der Waals surface area contributed by atoms with Crippen LogP contribution in [0.1, 0.15) is 23.7 Å². The summed E-state index contributed by atoms with van der Waals surface area (Å²) >= 11 is 0. The molecule has 2 atom stereocenters. The summed E-state index contributed by atoms with van der Waals surface area (Å²) in [6, 6.07) is 0. The third-order valence-corrected chi connectivity index (χ3v) is 3.21. The Balaban J connectivity index is 2.33. The molecule has 2 unspecified atom stereocenters. The Kier molecular flexibility index (Phi) is 3.33. The molecule has 0 radical (unpaired) electrons. The fourth-order valence-corrected chi connectivity index (χ4v) is 2.07. The molecule has 1 aliphatic heterocycles. The van der Waals surface area contributed by atoms with Gasteiger partial charge in [0, 0.05) is 25.3 Å². The van der Waals surface area contributed by atoms with E-state index in [9.17, 15) is 14.4 Å². The van der Waals surface area contributed by atoms with Gasteiger partial charge in [-0.15, -0.1) is 0 Å². The van der Waals surface area contributed by atoms with Crippen molar-refractivity contribution in [3.63, 3.8) is 0 Å². The minimum Gasteiger partial charge on any atom is -0.477 e. The van der Waals surface area contributed by atoms with Gasteiger partial charge in [0.15, 0.2) is 0 Å². The molecular weight excluding hydrogens is 240 g/mol. The summed E-state index contributed by atoms with van der Waals surface area (Å²) in [5, 5.41) is 8.83. The highest BCUT2D eigenvalue weighted by atomic mass is 16.5. The minimum atomic E-state index is -1.35. The normalized spacial score (nSPS) is 23.2. The number of nitrogens with one attached hydrogen (secondary N) is 1. The maximum atomic E-state index is 11.6. The summed E-state index contributed by atoms with van der Waals surface area (Å²) in [6.45, 7) is 2.89. The van der Waals surface area contributed by atoms with Crippen molar-refractivity contribution in [2.75, 3.05) is 6.61 Å². The number of hydrogen-bond acceptors (Lipinski definition) is 4. The number of aromatic amines is 1. The van der Waals surface area contributed by atoms with Crippen molar-refractivity contribution in [3.8, 4) is 0 Å². The number of aromatic nitrogens is 2. The van der Waals surface area contributed by atoms with Gasteiger partial charge in [-0.3, -0.25) is 14.3 Å². The lowest BCUT2D eigenvalue weighted by Crippen LogP contribution is -2.35. The Morgan fingerprint density at radius 3 is 2.89 bits per heavy atom. The molecule has 7 nitrogen and oxygen atoms in total. The number of carbonyl (C=O) groups is 1. The maximum absolute atomic E-state index is 11.6. The molecule has 2 N–H and O–H groups in total. The highest BCUT2D eigenvalue weighted by Gasteiger charge is 2.25. The largest absolute Gasteiger partial charge is 0.477 e. The van der Waals surface area contributed by atoms with E-state index in [1.54, 1.807) is 0 Å². The zero-order valence-corrected chi connectivity index (χ0v) is 9.88. The molecule has 0 aliphatic carbocycles. The molecule has 0 aromatic carbocycles. The van der Waals surface area contributed by atoms with Gasteiger partial charge in [-0.1, -0.05) is 0 Å². The second-order valence-electron chi connectivity index (χ2n) is 4.38. The highest BCUT2D eigenvalue weighted by molar-refractivity contribution is 5.86. The van der Waals surface area contributed by atoms with Gasteiger partial charge in [-0.25, -0.2) is 9.59 Å². The second-order valence-corrected chi connectivity index (χ2v) is 4.38. The molecule has 1 aliphatic rings. The average Bonchev–Trinajstić information content (AvgIpc) is 2.67. The third kappa shape index (κ3) is 2.35. The van der Waals surface area contributed by atoms with E-state index in [2.05, 4.69) is 0 Å². The Morgan fingerprint density at radius 2 is 2.33 bits per heavy atom. The molecule has 18 heavy (non-hydrogen) atoms. The Bertz CT molecular complexity index is 574. The number of hydrogen-bond donors (Lipinski definition) is 2. The molecule has 0 amide bonds. The quantitative estimate of drug-likeness (QED) is 0.768. The van der Waals surface area contributed by atoms with Crippen molar-refractivity contribution in [3.05, 3.63) is 32.6 Å². The number of aromatic carboxylic acids is 1. The fraction of sp³-hybridized carbons (Fsp3) is 0.545. The molecule has 2 rings (SSSR count). The first-order valence-corrected chi connectivity index (χ1v) is 5.67. The Hall–Kier alpha value is -1.89. The molecule has 1 aromatic heterocycles. The SMILES string of the molecule is CC1OCCC1Cn1cc(C(=O)O)c(=O)[nH]c1=O. The van der Waals surface area contributed by atoms with Crippen LogP contribution in [0.25, 0.3) is 0 Å². The number of H-pyrrole nitrogens is 1. The summed E-state index contributed by atoms with van der Waals surface area (Å²) in [6.07, 6.45) is 1.93. The fourth-order valence-electron chi connectivity index (χ4n) is 2.07. The number of rotatable bonds is 3. The monoisotopic (exact) mass is 254 g/mol. The van der Waals surface area contributed by atoms with Crippen LogP contribution < -0.4 is 11.2 Å². The van der Waals surface area contributed by atoms with Crippen LogP contribution >= 0.6 is 0 Å². The van der Waals surface area contributed by atoms with Gasteiger partial charge >= 0.3 is 11.7 Å². The lowest BCUT2D eigenvalue weighted by atomic mass is 10.0. The van der Waals surface area contributed by atoms with Crippen LogP contribution in [0.3, 0.4) is 0 Å². The summed E-state index contributed by atoms with van der Waals surface area (Å²) < 4.78 is 6.60. The minimum absolute atomic E-state index is 0.0251. The Morgan fingerprint density at radius 1 is 1.61 bits per heavy atom. The molecular formula is C11H14N2O5. The van der Waals surface area contributed by atoms with Crippen LogP contribution in [0.5, 0.6) is 0 Å². The van der Waals surface area contributed by atoms with Gasteiger partial charge in [0.1, 0.15) is 5.56 Å². The van der Waals surface area contributed by atoms with Crippen molar-refractivity contribution >= 4 is 5.97 Å². The summed E-state index contributed by atoms with van der Waals surface area (Å²) in [4.78, 5) is 35.7. The smallest absolute Gasteiger partial charge is 0.342 e. The summed E-state index contributed by atoms with van der Waals surface area (Å²) in [5.74, 6) is -1.20. The molecule has 0 bridgehead atoms. The number of nitrogens with zero attached hydrogens (tertiary/aromatic N) is 1. The van der Waals surface area contributed by atoms with E-state index < -0.39 is 22.8 Å². The van der Waals surface area contributed by atoms with E-state index in [4.69, 9.17) is 9.84 Å². The van der Waals surface area contributed by atoms with Crippen molar-refractivity contribution < 1.29 is 14.6 Å². The number of carboxylic acids is 1. The average molecular weight is 254 g/mol. The van der Waals surface area contributed by atoms with Crippen LogP contribution in [0.2, 0.25) is 0 Å². The van der Waals surface area contributed by atoms with Gasteiger partial charge in [0.25, 0.3) is 5.56 Å². The van der Waals surface area contributed by atoms with Gasteiger partial charge in [0.2, 0.25) is 0 Å². The topological polar surface area (TPSA) is 101 Å². The zero-order valence-electron chi connectivity index (χ0n) is 9.88. The lowest BCUT2D eigenvalue weighted by molar-refractivity contribution is 0.0693. The van der Waals surface area contributed by atoms with E-state index in [-0.39, 0.29) is 12.0 Å². The maximum Gasteiger partial charge on any atom is 0.342 e. The van der Waals surface area contributed by atoms with E-state index >= 15 is 0 Å². The molecule has 0 spiro atoms. The predicted molar refractivity (Wildman–Crippen MR) is 61.8 cm³/mol. The van der Waals surface area contributed by atoms with E-state index in [1.807, 2.05) is 11.9 Å². The van der Waals surface area contributed by atoms with Gasteiger partial charge in [0.05, 0.1) is 6.10 Å². The number of ether oxygens (including phenoxy) is 1. The van der Waals surface area contributed by atoms with Crippen LogP contribution in [-0.4, -0.2) is 33.3 Å². The first-order valence-electron chi connectivity index (χ1n) is 5.67. The van der Waals surface area contributed by atoms with Crippen LogP contribution in [0.4, 0.5) is 0 Å². The predicted octanol–water partition coefficient (Wildman–Crippen LogP) is -0.340. The highest BCUT2D eigenvalue weighted by Crippen LogP contribution is 2.21. The molecule has 1 fully saturated rings. The van der Waals surface area contributed by atoms with E-state index in [0.29, 0.717) is 13.2 Å². The lowest BCUT2D eigenvalue weighted by Gasteiger charge is -2.15. The molecule has 98 valence electrons. The van der Waals surface area contributed by atoms with Crippen molar-refractivity contribution in [2.24, 2.45) is 5.92 Å². The third-order valence-electron chi connectivity index (χ3n) is 3.21. The Labute approximate surface area is 102 Å². The van der Waals surface area contributed by atoms with Crippen LogP contribution in [-0.2, 0) is 11.3 Å². The molecule has 1 aromatic rings. The van der Waals surface area contributed by atoms with Gasteiger partial charge in [-0.05, 0) is 13.3 Å². The van der Waals surface area contributed by atoms with Gasteiger partial charge in [-0.2, -0.15) is 0 Å². The van der Waals surface area contributed by atoms with Crippen molar-refractivity contribution in [1.82, 2.24) is 9.55 Å². The van der Waals surface area contributed by atoms with Gasteiger partial charge < -0.3 is 9.84 Å². The molecule has 7 heteroatoms. The van der Waals surface area contributed by atoms with Crippen LogP contribution in [0, 0.1) is 5.92 Å². The number of carboxylic acid groups (broad SMARTS) is 1. The summed E-state index contributed by atoms with van der Waals surface area (Å²) in [5.41, 5.74) is -1.90. The summed E-state index contributed by atoms with van der Waals surface area (Å²) in [7, 11) is 0.